The lowest BCUT2D eigenvalue weighted by Gasteiger charge is -2.46. The predicted octanol–water partition coefficient (Wildman–Crippen LogP) is 13.1. The number of nitrogens with one attached hydrogen (secondary N) is 2. The van der Waals surface area contributed by atoms with Crippen molar-refractivity contribution in [2.24, 2.45) is 10.8 Å². The van der Waals surface area contributed by atoms with Gasteiger partial charge in [0.15, 0.2) is 0 Å². The van der Waals surface area contributed by atoms with E-state index in [9.17, 15) is 4.79 Å². The van der Waals surface area contributed by atoms with Crippen molar-refractivity contribution >= 4 is 35.3 Å². The molecule has 0 radical (unpaired) electrons. The summed E-state index contributed by atoms with van der Waals surface area (Å²) in [5.74, 6) is 0.933. The van der Waals surface area contributed by atoms with E-state index in [1.54, 1.807) is 0 Å². The maximum atomic E-state index is 11.7. The van der Waals surface area contributed by atoms with E-state index in [4.69, 9.17) is 17.0 Å². The lowest BCUT2D eigenvalue weighted by molar-refractivity contribution is 0.0778. The number of hydrogen-bond donors (Lipinski definition) is 3. The summed E-state index contributed by atoms with van der Waals surface area (Å²) >= 11 is 9.79. The van der Waals surface area contributed by atoms with Crippen LogP contribution in [0.15, 0.2) is 18.2 Å². The molecule has 1 fully saturated rings. The van der Waals surface area contributed by atoms with Crippen molar-refractivity contribution in [2.75, 3.05) is 6.54 Å². The molecule has 0 spiro atoms. The zero-order chi connectivity index (χ0) is 35.1. The van der Waals surface area contributed by atoms with Crippen LogP contribution in [0.3, 0.4) is 0 Å². The third-order valence-electron chi connectivity index (χ3n) is 10.4. The highest BCUT2D eigenvalue weighted by Crippen LogP contribution is 2.46. The second-order valence-electron chi connectivity index (χ2n) is 16.2. The van der Waals surface area contributed by atoms with Crippen LogP contribution in [0, 0.1) is 10.8 Å². The fourth-order valence-corrected chi connectivity index (χ4v) is 8.63. The van der Waals surface area contributed by atoms with E-state index in [-0.39, 0.29) is 22.1 Å². The summed E-state index contributed by atoms with van der Waals surface area (Å²) in [4.78, 5) is 11.7. The SMILES string of the molecule is CCCCCCCCCCCCc1cccc(OC(=S)NCC2(C)CC(NC(=O)S)CC(C)(C)C2)c1CCCCCCCCCCCC. The number of carbonyl (C=O) groups excluding carboxylic acids is 1. The van der Waals surface area contributed by atoms with Gasteiger partial charge >= 0.3 is 0 Å². The monoisotopic (exact) mass is 703 g/mol. The third kappa shape index (κ3) is 19.2. The standard InChI is InChI=1S/C42H74N2O2S2/c1-6-8-10-12-14-16-18-20-22-24-27-35-28-26-30-38(37(35)29-25-23-21-19-17-15-13-11-9-7-2)46-40(48)43-34-42(5)32-36(44-39(45)47)31-41(3,4)33-42/h26,28,30,36H,6-25,27,29,31-34H2,1-5H3,(H,43,48)(H2,44,45,47). The minimum absolute atomic E-state index is 0.00769. The molecule has 0 bridgehead atoms. The van der Waals surface area contributed by atoms with Gasteiger partial charge in [-0.3, -0.25) is 4.79 Å². The van der Waals surface area contributed by atoms with Crippen LogP contribution in [0.25, 0.3) is 0 Å². The maximum absolute atomic E-state index is 11.7. The third-order valence-corrected chi connectivity index (χ3v) is 10.8. The number of rotatable bonds is 26. The summed E-state index contributed by atoms with van der Waals surface area (Å²) in [5.41, 5.74) is 2.92. The van der Waals surface area contributed by atoms with E-state index < -0.39 is 0 Å². The number of unbranched alkanes of at least 4 members (excludes halogenated alkanes) is 18. The lowest BCUT2D eigenvalue weighted by atomic mass is 9.62. The number of aryl methyl sites for hydroxylation is 1. The Morgan fingerprint density at radius 2 is 1.27 bits per heavy atom. The number of ether oxygens (including phenoxy) is 1. The van der Waals surface area contributed by atoms with Crippen LogP contribution < -0.4 is 15.4 Å². The van der Waals surface area contributed by atoms with E-state index in [2.05, 4.69) is 76.1 Å². The number of benzene rings is 1. The summed E-state index contributed by atoms with van der Waals surface area (Å²) in [7, 11) is 0. The van der Waals surface area contributed by atoms with Gasteiger partial charge in [0.1, 0.15) is 5.75 Å². The van der Waals surface area contributed by atoms with Gasteiger partial charge in [-0.05, 0) is 85.2 Å². The van der Waals surface area contributed by atoms with Gasteiger partial charge in [-0.15, -0.1) is 0 Å². The summed E-state index contributed by atoms with van der Waals surface area (Å²) in [6.45, 7) is 12.2. The molecule has 0 heterocycles. The molecule has 1 aromatic rings. The minimum atomic E-state index is -0.250. The van der Waals surface area contributed by atoms with Gasteiger partial charge in [0.2, 0.25) is 0 Å². The van der Waals surface area contributed by atoms with Gasteiger partial charge in [-0.2, -0.15) is 0 Å². The fourth-order valence-electron chi connectivity index (χ4n) is 8.28. The van der Waals surface area contributed by atoms with Crippen LogP contribution in [0.5, 0.6) is 5.75 Å². The maximum Gasteiger partial charge on any atom is 0.276 e. The normalized spacial score (nSPS) is 18.8. The number of thiol groups is 1. The summed E-state index contributed by atoms with van der Waals surface area (Å²) < 4.78 is 6.45. The van der Waals surface area contributed by atoms with Crippen LogP contribution in [0.2, 0.25) is 0 Å². The second-order valence-corrected chi connectivity index (χ2v) is 17.0. The Balaban J connectivity index is 1.94. The Hall–Kier alpha value is -1.27. The Labute approximate surface area is 307 Å². The second kappa shape index (κ2) is 24.8. The van der Waals surface area contributed by atoms with Gasteiger partial charge in [0, 0.05) is 12.6 Å². The van der Waals surface area contributed by atoms with Gasteiger partial charge in [-0.1, -0.05) is 175 Å². The van der Waals surface area contributed by atoms with E-state index in [1.807, 2.05) is 0 Å². The first kappa shape index (κ1) is 42.9. The average molecular weight is 703 g/mol. The van der Waals surface area contributed by atoms with Gasteiger partial charge in [0.05, 0.1) is 0 Å². The highest BCUT2D eigenvalue weighted by molar-refractivity contribution is 7.96. The first-order chi connectivity index (χ1) is 23.1. The number of hydrogen-bond acceptors (Lipinski definition) is 3. The molecule has 4 nitrogen and oxygen atoms in total. The van der Waals surface area contributed by atoms with Crippen LogP contribution in [0.1, 0.15) is 193 Å². The molecule has 1 saturated carbocycles. The molecule has 0 aromatic heterocycles. The molecule has 6 heteroatoms. The van der Waals surface area contributed by atoms with Crippen molar-refractivity contribution in [1.29, 1.82) is 0 Å². The predicted molar refractivity (Wildman–Crippen MR) is 216 cm³/mol. The molecule has 2 atom stereocenters. The quantitative estimate of drug-likeness (QED) is 0.0511. The molecule has 0 aliphatic heterocycles. The fraction of sp³-hybridized carbons (Fsp3) is 0.810. The van der Waals surface area contributed by atoms with Gasteiger partial charge in [-0.25, -0.2) is 0 Å². The molecule has 0 saturated heterocycles. The largest absolute Gasteiger partial charge is 0.432 e. The molecule has 1 amide bonds. The number of amides is 1. The highest BCUT2D eigenvalue weighted by Gasteiger charge is 2.41. The van der Waals surface area contributed by atoms with E-state index in [0.29, 0.717) is 5.17 Å². The molecular weight excluding hydrogens is 629 g/mol. The Morgan fingerprint density at radius 3 is 1.79 bits per heavy atom. The topological polar surface area (TPSA) is 50.4 Å². The van der Waals surface area contributed by atoms with Crippen molar-refractivity contribution in [3.63, 3.8) is 0 Å². The van der Waals surface area contributed by atoms with Crippen LogP contribution in [-0.2, 0) is 12.8 Å². The first-order valence-corrected chi connectivity index (χ1v) is 21.0. The summed E-state index contributed by atoms with van der Waals surface area (Å²) in [5, 5.41) is 6.73. The van der Waals surface area contributed by atoms with Crippen molar-refractivity contribution in [3.8, 4) is 5.75 Å². The summed E-state index contributed by atoms with van der Waals surface area (Å²) in [6.07, 6.45) is 32.1. The number of carbonyl (C=O) groups is 1. The van der Waals surface area contributed by atoms with Crippen molar-refractivity contribution in [3.05, 3.63) is 29.3 Å². The zero-order valence-electron chi connectivity index (χ0n) is 31.9. The van der Waals surface area contributed by atoms with E-state index >= 15 is 0 Å². The smallest absolute Gasteiger partial charge is 0.276 e. The van der Waals surface area contributed by atoms with Crippen molar-refractivity contribution in [2.45, 2.75) is 201 Å². The molecule has 2 unspecified atom stereocenters. The van der Waals surface area contributed by atoms with Crippen LogP contribution >= 0.6 is 24.8 Å². The zero-order valence-corrected chi connectivity index (χ0v) is 33.6. The molecule has 1 aromatic carbocycles. The van der Waals surface area contributed by atoms with Gasteiger partial charge in [0.25, 0.3) is 10.4 Å². The molecule has 1 aliphatic carbocycles. The van der Waals surface area contributed by atoms with Crippen LogP contribution in [0.4, 0.5) is 4.79 Å². The Bertz CT molecular complexity index is 1030. The average Bonchev–Trinajstić information content (AvgIpc) is 3.01. The first-order valence-electron chi connectivity index (χ1n) is 20.1. The lowest BCUT2D eigenvalue weighted by Crippen LogP contribution is -2.49. The Kier molecular flexibility index (Phi) is 22.2. The minimum Gasteiger partial charge on any atom is -0.432 e. The van der Waals surface area contributed by atoms with Gasteiger partial charge < -0.3 is 15.4 Å². The highest BCUT2D eigenvalue weighted by atomic mass is 32.1. The van der Waals surface area contributed by atoms with Crippen molar-refractivity contribution in [1.82, 2.24) is 10.6 Å². The molecule has 2 N–H and O–H groups in total. The summed E-state index contributed by atoms with van der Waals surface area (Å²) in [6, 6.07) is 6.71. The van der Waals surface area contributed by atoms with Crippen molar-refractivity contribution < 1.29 is 9.53 Å². The Morgan fingerprint density at radius 1 is 0.771 bits per heavy atom. The molecular formula is C42H74N2O2S2. The van der Waals surface area contributed by atoms with E-state index in [1.165, 1.54) is 140 Å². The number of thiocarbonyl (C=S) groups is 1. The van der Waals surface area contributed by atoms with Crippen LogP contribution in [-0.4, -0.2) is 23.0 Å². The molecule has 1 aliphatic rings. The molecule has 276 valence electrons. The van der Waals surface area contributed by atoms with E-state index in [0.717, 1.165) is 44.4 Å². The molecule has 2 rings (SSSR count). The molecule has 48 heavy (non-hydrogen) atoms.